The van der Waals surface area contributed by atoms with Gasteiger partial charge in [-0.1, -0.05) is 0 Å². The van der Waals surface area contributed by atoms with Crippen molar-refractivity contribution in [2.24, 2.45) is 0 Å². The normalized spacial score (nSPS) is 22.4. The highest BCUT2D eigenvalue weighted by Crippen LogP contribution is 2.31. The zero-order chi connectivity index (χ0) is 22.6. The van der Waals surface area contributed by atoms with Gasteiger partial charge >= 0.3 is 6.18 Å². The second-order valence-electron chi connectivity index (χ2n) is 8.06. The maximum Gasteiger partial charge on any atom is 0.433 e. The average molecular weight is 447 g/mol. The van der Waals surface area contributed by atoms with Crippen LogP contribution < -0.4 is 9.64 Å². The molecule has 0 radical (unpaired) electrons. The molecule has 7 nitrogen and oxygen atoms in total. The second-order valence-corrected chi connectivity index (χ2v) is 8.06. The van der Waals surface area contributed by atoms with Crippen molar-refractivity contribution in [3.63, 3.8) is 0 Å². The van der Waals surface area contributed by atoms with E-state index in [9.17, 15) is 13.2 Å². The third kappa shape index (κ3) is 5.46. The summed E-state index contributed by atoms with van der Waals surface area (Å²) in [7, 11) is 0. The van der Waals surface area contributed by atoms with Gasteiger partial charge in [-0.05, 0) is 50.7 Å². The van der Waals surface area contributed by atoms with Gasteiger partial charge in [0.15, 0.2) is 0 Å². The minimum atomic E-state index is -4.48. The van der Waals surface area contributed by atoms with Gasteiger partial charge in [-0.25, -0.2) is 9.97 Å². The van der Waals surface area contributed by atoms with Crippen molar-refractivity contribution in [2.75, 3.05) is 18.0 Å². The molecule has 0 N–H and O–H groups in total. The first-order valence-electron chi connectivity index (χ1n) is 10.7. The predicted molar refractivity (Wildman–Crippen MR) is 109 cm³/mol. The van der Waals surface area contributed by atoms with Gasteiger partial charge in [0.25, 0.3) is 0 Å². The summed E-state index contributed by atoms with van der Waals surface area (Å²) in [6.45, 7) is 1.12. The van der Waals surface area contributed by atoms with Gasteiger partial charge in [0.1, 0.15) is 23.1 Å². The Kier molecular flexibility index (Phi) is 6.74. The first-order valence-corrected chi connectivity index (χ1v) is 10.7. The maximum absolute atomic E-state index is 12.9. The molecule has 0 amide bonds. The summed E-state index contributed by atoms with van der Waals surface area (Å²) < 4.78 is 50.9. The molecule has 0 atom stereocenters. The Morgan fingerprint density at radius 1 is 0.969 bits per heavy atom. The lowest BCUT2D eigenvalue weighted by Crippen LogP contribution is -2.40. The standard InChI is InChI=1S/C22H24F3N5O2/c23-22(24,25)20-6-10-28-21(29-20)30-11-7-18(8-12-30)31-16-1-3-17(4-2-16)32-19-5-9-27-14-15(19)13-26/h5-6,9-10,14,16-18H,1-4,7-8,11-12H2. The Hall–Kier alpha value is -2.93. The van der Waals surface area contributed by atoms with E-state index in [1.807, 2.05) is 0 Å². The molecule has 2 aromatic heterocycles. The highest BCUT2D eigenvalue weighted by atomic mass is 19.4. The minimum Gasteiger partial charge on any atom is -0.489 e. The molecule has 1 saturated heterocycles. The van der Waals surface area contributed by atoms with Crippen LogP contribution in [0, 0.1) is 11.3 Å². The molecule has 1 saturated carbocycles. The van der Waals surface area contributed by atoms with Crippen molar-refractivity contribution < 1.29 is 22.6 Å². The Morgan fingerprint density at radius 2 is 1.66 bits per heavy atom. The molecule has 170 valence electrons. The number of hydrogen-bond donors (Lipinski definition) is 0. The number of anilines is 1. The van der Waals surface area contributed by atoms with Gasteiger partial charge in [0, 0.05) is 31.7 Å². The van der Waals surface area contributed by atoms with Crippen LogP contribution in [0.1, 0.15) is 49.8 Å². The summed E-state index contributed by atoms with van der Waals surface area (Å²) in [6.07, 6.45) is 4.92. The lowest BCUT2D eigenvalue weighted by Gasteiger charge is -2.36. The van der Waals surface area contributed by atoms with Crippen LogP contribution in [0.3, 0.4) is 0 Å². The van der Waals surface area contributed by atoms with Crippen LogP contribution in [0.4, 0.5) is 19.1 Å². The highest BCUT2D eigenvalue weighted by Gasteiger charge is 2.34. The van der Waals surface area contributed by atoms with E-state index in [1.165, 1.54) is 6.20 Å². The number of piperidine rings is 1. The van der Waals surface area contributed by atoms with E-state index >= 15 is 0 Å². The topological polar surface area (TPSA) is 84.2 Å². The Labute approximate surface area is 184 Å². The summed E-state index contributed by atoms with van der Waals surface area (Å²) in [6, 6.07) is 4.69. The highest BCUT2D eigenvalue weighted by molar-refractivity contribution is 5.40. The molecule has 0 unspecified atom stereocenters. The average Bonchev–Trinajstić information content (AvgIpc) is 2.81. The summed E-state index contributed by atoms with van der Waals surface area (Å²) in [5.74, 6) is 0.680. The van der Waals surface area contributed by atoms with Crippen LogP contribution in [0.2, 0.25) is 0 Å². The summed E-state index contributed by atoms with van der Waals surface area (Å²) >= 11 is 0. The van der Waals surface area contributed by atoms with Gasteiger partial charge in [0.2, 0.25) is 5.95 Å². The fraction of sp³-hybridized carbons (Fsp3) is 0.545. The number of halogens is 3. The van der Waals surface area contributed by atoms with E-state index in [4.69, 9.17) is 14.7 Å². The van der Waals surface area contributed by atoms with Crippen LogP contribution in [0.5, 0.6) is 5.75 Å². The maximum atomic E-state index is 12.9. The number of pyridine rings is 1. The molecule has 1 aliphatic heterocycles. The molecule has 0 bridgehead atoms. The van der Waals surface area contributed by atoms with Crippen LogP contribution in [0.15, 0.2) is 30.7 Å². The lowest BCUT2D eigenvalue weighted by atomic mass is 9.94. The number of nitriles is 1. The van der Waals surface area contributed by atoms with Crippen molar-refractivity contribution in [1.29, 1.82) is 5.26 Å². The van der Waals surface area contributed by atoms with Gasteiger partial charge < -0.3 is 14.4 Å². The molecular formula is C22H24F3N5O2. The third-order valence-corrected chi connectivity index (χ3v) is 5.86. The summed E-state index contributed by atoms with van der Waals surface area (Å²) in [4.78, 5) is 13.4. The number of rotatable bonds is 5. The Morgan fingerprint density at radius 3 is 2.34 bits per heavy atom. The van der Waals surface area contributed by atoms with Crippen molar-refractivity contribution in [1.82, 2.24) is 15.0 Å². The van der Waals surface area contributed by atoms with Crippen LogP contribution in [-0.4, -0.2) is 46.4 Å². The molecule has 1 aliphatic carbocycles. The number of nitrogens with zero attached hydrogens (tertiary/aromatic N) is 5. The van der Waals surface area contributed by atoms with E-state index < -0.39 is 11.9 Å². The molecule has 10 heteroatoms. The number of ether oxygens (including phenoxy) is 2. The van der Waals surface area contributed by atoms with Gasteiger partial charge in [-0.2, -0.15) is 18.4 Å². The van der Waals surface area contributed by atoms with Crippen molar-refractivity contribution in [3.8, 4) is 11.8 Å². The van der Waals surface area contributed by atoms with Gasteiger partial charge in [-0.3, -0.25) is 4.98 Å². The number of hydrogen-bond acceptors (Lipinski definition) is 7. The first kappa shape index (κ1) is 22.3. The van der Waals surface area contributed by atoms with Gasteiger partial charge in [-0.15, -0.1) is 0 Å². The van der Waals surface area contributed by atoms with E-state index in [-0.39, 0.29) is 24.3 Å². The van der Waals surface area contributed by atoms with E-state index in [0.717, 1.165) is 50.8 Å². The van der Waals surface area contributed by atoms with Crippen molar-refractivity contribution in [3.05, 3.63) is 42.0 Å². The zero-order valence-corrected chi connectivity index (χ0v) is 17.5. The van der Waals surface area contributed by atoms with Gasteiger partial charge in [0.05, 0.1) is 18.3 Å². The van der Waals surface area contributed by atoms with E-state index in [1.54, 1.807) is 17.2 Å². The number of alkyl halides is 3. The first-order chi connectivity index (χ1) is 15.4. The fourth-order valence-electron chi connectivity index (χ4n) is 4.16. The largest absolute Gasteiger partial charge is 0.489 e. The monoisotopic (exact) mass is 447 g/mol. The molecule has 0 aromatic carbocycles. The second kappa shape index (κ2) is 9.69. The van der Waals surface area contributed by atoms with Crippen molar-refractivity contribution >= 4 is 5.95 Å². The fourth-order valence-corrected chi connectivity index (χ4v) is 4.16. The smallest absolute Gasteiger partial charge is 0.433 e. The minimum absolute atomic E-state index is 0.0456. The molecular weight excluding hydrogens is 423 g/mol. The van der Waals surface area contributed by atoms with Crippen LogP contribution in [-0.2, 0) is 10.9 Å². The molecule has 4 rings (SSSR count). The molecule has 2 fully saturated rings. The Bertz CT molecular complexity index is 949. The predicted octanol–water partition coefficient (Wildman–Crippen LogP) is 4.14. The third-order valence-electron chi connectivity index (χ3n) is 5.86. The summed E-state index contributed by atoms with van der Waals surface area (Å²) in [5.41, 5.74) is -0.490. The zero-order valence-electron chi connectivity index (χ0n) is 17.5. The number of aromatic nitrogens is 3. The summed E-state index contributed by atoms with van der Waals surface area (Å²) in [5, 5.41) is 9.16. The van der Waals surface area contributed by atoms with E-state index in [0.29, 0.717) is 24.4 Å². The van der Waals surface area contributed by atoms with Crippen molar-refractivity contribution in [2.45, 2.75) is 63.0 Å². The van der Waals surface area contributed by atoms with Crippen LogP contribution >= 0.6 is 0 Å². The van der Waals surface area contributed by atoms with E-state index in [2.05, 4.69) is 21.0 Å². The molecule has 32 heavy (non-hydrogen) atoms. The molecule has 3 heterocycles. The SMILES string of the molecule is N#Cc1cnccc1OC1CCC(OC2CCN(c3nccc(C(F)(F)F)n3)CC2)CC1. The quantitative estimate of drug-likeness (QED) is 0.681. The molecule has 2 aromatic rings. The van der Waals surface area contributed by atoms with Crippen LogP contribution in [0.25, 0.3) is 0 Å². The molecule has 2 aliphatic rings. The lowest BCUT2D eigenvalue weighted by molar-refractivity contribution is -0.141. The molecule has 0 spiro atoms. The Balaban J connectivity index is 1.22.